The van der Waals surface area contributed by atoms with E-state index < -0.39 is 22.6 Å². The Bertz CT molecular complexity index is 296. The zero-order valence-electron chi connectivity index (χ0n) is 5.49. The average Bonchev–Trinajstić information content (AvgIpc) is 1.92. The highest BCUT2D eigenvalue weighted by Gasteiger charge is 2.35. The smallest absolute Gasteiger partial charge is 0.262 e. The van der Waals surface area contributed by atoms with Crippen molar-refractivity contribution in [1.82, 2.24) is 4.98 Å². The molecule has 1 aromatic heterocycles. The molecule has 0 spiro atoms. The fourth-order valence-electron chi connectivity index (χ4n) is 0.617. The van der Waals surface area contributed by atoms with E-state index in [0.717, 1.165) is 6.20 Å². The monoisotopic (exact) mass is 199 g/mol. The molecular weight excluding hydrogens is 198 g/mol. The van der Waals surface area contributed by atoms with Crippen LogP contribution in [0.15, 0.2) is 12.4 Å². The summed E-state index contributed by atoms with van der Waals surface area (Å²) in [5.74, 6) is -1.49. The Labute approximate surface area is 70.0 Å². The van der Waals surface area contributed by atoms with Gasteiger partial charge in [0, 0.05) is 12.4 Å². The summed E-state index contributed by atoms with van der Waals surface area (Å²) in [7, 11) is 0. The molecule has 0 aromatic carbocycles. The Morgan fingerprint density at radius 1 is 1.25 bits per heavy atom. The van der Waals surface area contributed by atoms with Gasteiger partial charge in [-0.2, -0.15) is 13.2 Å². The summed E-state index contributed by atoms with van der Waals surface area (Å²) in [5, 5.41) is -0.634. The third-order valence-electron chi connectivity index (χ3n) is 1.14. The Balaban J connectivity index is 3.26. The first kappa shape index (κ1) is 9.25. The summed E-state index contributed by atoms with van der Waals surface area (Å²) in [4.78, 5) is 3.12. The minimum atomic E-state index is -4.75. The minimum absolute atomic E-state index is 0.390. The number of pyridine rings is 1. The predicted octanol–water partition coefficient (Wildman–Crippen LogP) is 2.89. The van der Waals surface area contributed by atoms with E-state index >= 15 is 0 Å². The van der Waals surface area contributed by atoms with Gasteiger partial charge >= 0.3 is 6.18 Å². The van der Waals surface area contributed by atoms with Gasteiger partial charge in [-0.25, -0.2) is 4.39 Å². The van der Waals surface area contributed by atoms with Crippen LogP contribution >= 0.6 is 11.6 Å². The van der Waals surface area contributed by atoms with Crippen LogP contribution in [-0.2, 0) is 6.18 Å². The molecule has 0 unspecified atom stereocenters. The third kappa shape index (κ3) is 1.66. The van der Waals surface area contributed by atoms with Crippen LogP contribution in [-0.4, -0.2) is 4.98 Å². The second-order valence-corrected chi connectivity index (χ2v) is 2.39. The lowest BCUT2D eigenvalue weighted by Gasteiger charge is -2.06. The standard InChI is InChI=1S/C6H2ClF4N/c7-4-2-12-1-3(5(4)8)6(9,10)11/h1-2H. The van der Waals surface area contributed by atoms with Crippen molar-refractivity contribution < 1.29 is 17.6 Å². The van der Waals surface area contributed by atoms with Gasteiger partial charge in [-0.3, -0.25) is 4.98 Å². The van der Waals surface area contributed by atoms with Crippen molar-refractivity contribution in [2.45, 2.75) is 6.18 Å². The molecule has 12 heavy (non-hydrogen) atoms. The maximum atomic E-state index is 12.6. The maximum Gasteiger partial charge on any atom is 0.420 e. The fraction of sp³-hybridized carbons (Fsp3) is 0.167. The first-order valence-corrected chi connectivity index (χ1v) is 3.17. The Morgan fingerprint density at radius 2 is 1.83 bits per heavy atom. The number of hydrogen-bond donors (Lipinski definition) is 0. The van der Waals surface area contributed by atoms with E-state index in [4.69, 9.17) is 11.6 Å². The molecule has 0 saturated carbocycles. The average molecular weight is 200 g/mol. The van der Waals surface area contributed by atoms with Gasteiger partial charge in [0.05, 0.1) is 5.02 Å². The number of rotatable bonds is 0. The second-order valence-electron chi connectivity index (χ2n) is 1.98. The van der Waals surface area contributed by atoms with Gasteiger partial charge in [0.25, 0.3) is 0 Å². The van der Waals surface area contributed by atoms with Crippen molar-refractivity contribution in [3.8, 4) is 0 Å². The van der Waals surface area contributed by atoms with E-state index in [0.29, 0.717) is 6.20 Å². The molecular formula is C6H2ClF4N. The van der Waals surface area contributed by atoms with E-state index in [2.05, 4.69) is 4.98 Å². The molecule has 1 rings (SSSR count). The number of aromatic nitrogens is 1. The second kappa shape index (κ2) is 2.90. The van der Waals surface area contributed by atoms with E-state index in [1.165, 1.54) is 0 Å². The van der Waals surface area contributed by atoms with Gasteiger partial charge in [-0.05, 0) is 0 Å². The van der Waals surface area contributed by atoms with Crippen LogP contribution in [0.1, 0.15) is 5.56 Å². The van der Waals surface area contributed by atoms with Crippen LogP contribution in [0.5, 0.6) is 0 Å². The molecule has 6 heteroatoms. The van der Waals surface area contributed by atoms with Crippen LogP contribution < -0.4 is 0 Å². The van der Waals surface area contributed by atoms with Crippen LogP contribution in [0.4, 0.5) is 17.6 Å². The molecule has 0 atom stereocenters. The van der Waals surface area contributed by atoms with Gasteiger partial charge in [0.2, 0.25) is 0 Å². The van der Waals surface area contributed by atoms with Crippen molar-refractivity contribution in [2.75, 3.05) is 0 Å². The third-order valence-corrected chi connectivity index (χ3v) is 1.41. The molecule has 1 nitrogen and oxygen atoms in total. The van der Waals surface area contributed by atoms with Crippen LogP contribution in [0, 0.1) is 5.82 Å². The van der Waals surface area contributed by atoms with Crippen LogP contribution in [0.25, 0.3) is 0 Å². The summed E-state index contributed by atoms with van der Waals surface area (Å²) in [5.41, 5.74) is -1.45. The zero-order valence-corrected chi connectivity index (χ0v) is 6.25. The Kier molecular flexibility index (Phi) is 2.23. The van der Waals surface area contributed by atoms with E-state index in [1.807, 2.05) is 0 Å². The molecule has 0 fully saturated rings. The Morgan fingerprint density at radius 3 is 2.25 bits per heavy atom. The van der Waals surface area contributed by atoms with Crippen LogP contribution in [0.3, 0.4) is 0 Å². The number of nitrogens with zero attached hydrogens (tertiary/aromatic N) is 1. The first-order valence-electron chi connectivity index (χ1n) is 2.79. The molecule has 0 N–H and O–H groups in total. The van der Waals surface area contributed by atoms with Crippen molar-refractivity contribution >= 4 is 11.6 Å². The lowest BCUT2D eigenvalue weighted by atomic mass is 10.2. The number of alkyl halides is 3. The van der Waals surface area contributed by atoms with E-state index in [9.17, 15) is 17.6 Å². The molecule has 0 aliphatic rings. The van der Waals surface area contributed by atoms with Gasteiger partial charge in [0.1, 0.15) is 5.56 Å². The van der Waals surface area contributed by atoms with Gasteiger partial charge < -0.3 is 0 Å². The lowest BCUT2D eigenvalue weighted by molar-refractivity contribution is -0.140. The van der Waals surface area contributed by atoms with Gasteiger partial charge in [0.15, 0.2) is 5.82 Å². The normalized spacial score (nSPS) is 11.8. The van der Waals surface area contributed by atoms with E-state index in [1.54, 1.807) is 0 Å². The van der Waals surface area contributed by atoms with Gasteiger partial charge in [-0.15, -0.1) is 0 Å². The SMILES string of the molecule is Fc1c(Cl)cncc1C(F)(F)F. The quantitative estimate of drug-likeness (QED) is 0.586. The van der Waals surface area contributed by atoms with E-state index in [-0.39, 0.29) is 0 Å². The molecule has 1 heterocycles. The lowest BCUT2D eigenvalue weighted by Crippen LogP contribution is -2.08. The Hall–Kier alpha value is -0.840. The minimum Gasteiger partial charge on any atom is -0.262 e. The number of hydrogen-bond acceptors (Lipinski definition) is 1. The zero-order chi connectivity index (χ0) is 9.35. The number of halogens is 5. The highest BCUT2D eigenvalue weighted by atomic mass is 35.5. The maximum absolute atomic E-state index is 12.6. The molecule has 1 aromatic rings. The topological polar surface area (TPSA) is 12.9 Å². The molecule has 0 saturated heterocycles. The predicted molar refractivity (Wildman–Crippen MR) is 34.2 cm³/mol. The van der Waals surface area contributed by atoms with Crippen molar-refractivity contribution in [3.05, 3.63) is 28.8 Å². The van der Waals surface area contributed by atoms with Gasteiger partial charge in [-0.1, -0.05) is 11.6 Å². The van der Waals surface area contributed by atoms with Crippen molar-refractivity contribution in [3.63, 3.8) is 0 Å². The van der Waals surface area contributed by atoms with Crippen molar-refractivity contribution in [1.29, 1.82) is 0 Å². The summed E-state index contributed by atoms with van der Waals surface area (Å²) >= 11 is 5.08. The molecule has 0 radical (unpaired) electrons. The van der Waals surface area contributed by atoms with Crippen molar-refractivity contribution in [2.24, 2.45) is 0 Å². The molecule has 66 valence electrons. The summed E-state index contributed by atoms with van der Waals surface area (Å²) in [6.45, 7) is 0. The molecule has 0 amide bonds. The highest BCUT2D eigenvalue weighted by molar-refractivity contribution is 6.30. The molecule has 0 aliphatic heterocycles. The summed E-state index contributed by atoms with van der Waals surface area (Å²) in [6.07, 6.45) is -3.55. The summed E-state index contributed by atoms with van der Waals surface area (Å²) in [6, 6.07) is 0. The van der Waals surface area contributed by atoms with Crippen LogP contribution in [0.2, 0.25) is 5.02 Å². The fourth-order valence-corrected chi connectivity index (χ4v) is 0.775. The summed E-state index contributed by atoms with van der Waals surface area (Å²) < 4.78 is 48.3. The highest BCUT2D eigenvalue weighted by Crippen LogP contribution is 2.32. The molecule has 0 bridgehead atoms. The largest absolute Gasteiger partial charge is 0.420 e. The molecule has 0 aliphatic carbocycles. The first-order chi connectivity index (χ1) is 5.43.